The number of carbonyl (C=O) groups is 1. The minimum atomic E-state index is -4.82. The zero-order chi connectivity index (χ0) is 25.4. The van der Waals surface area contributed by atoms with Crippen molar-refractivity contribution in [2.24, 2.45) is 0 Å². The van der Waals surface area contributed by atoms with Gasteiger partial charge in [0.1, 0.15) is 12.0 Å². The van der Waals surface area contributed by atoms with Crippen molar-refractivity contribution in [2.75, 3.05) is 0 Å². The highest BCUT2D eigenvalue weighted by Crippen LogP contribution is 2.47. The second-order valence-corrected chi connectivity index (χ2v) is 7.64. The molecule has 0 spiro atoms. The molecule has 1 atom stereocenters. The molecule has 1 amide bonds. The van der Waals surface area contributed by atoms with E-state index in [1.165, 1.54) is 13.0 Å². The maximum Gasteiger partial charge on any atom is 0.433 e. The van der Waals surface area contributed by atoms with Gasteiger partial charge in [0.05, 0.1) is 35.6 Å². The average Bonchev–Trinajstić information content (AvgIpc) is 3.46. The molecule has 3 heterocycles. The number of pyridine rings is 1. The van der Waals surface area contributed by atoms with E-state index in [4.69, 9.17) is 0 Å². The van der Waals surface area contributed by atoms with Crippen LogP contribution in [0.4, 0.5) is 22.0 Å². The van der Waals surface area contributed by atoms with Gasteiger partial charge in [-0.25, -0.2) is 19.9 Å². The number of ether oxygens (including phenoxy) is 1. The highest BCUT2D eigenvalue weighted by molar-refractivity contribution is 5.94. The Balaban J connectivity index is 1.58. The average molecular weight is 494 g/mol. The van der Waals surface area contributed by atoms with Crippen LogP contribution in [0.2, 0.25) is 0 Å². The number of alkyl halides is 5. The number of nitrogens with one attached hydrogen (secondary N) is 1. The minimum absolute atomic E-state index is 0.0736. The van der Waals surface area contributed by atoms with Crippen LogP contribution < -0.4 is 10.1 Å². The molecule has 1 aliphatic rings. The zero-order valence-electron chi connectivity index (χ0n) is 17.8. The van der Waals surface area contributed by atoms with Gasteiger partial charge in [0, 0.05) is 5.56 Å². The Hall–Kier alpha value is -4.22. The van der Waals surface area contributed by atoms with Gasteiger partial charge in [-0.1, -0.05) is 0 Å². The monoisotopic (exact) mass is 494 g/mol. The van der Waals surface area contributed by atoms with Gasteiger partial charge in [-0.05, 0) is 31.9 Å². The fraction of sp³-hybridized carbons (Fsp3) is 0.350. The molecule has 1 aliphatic carbocycles. The third-order valence-corrected chi connectivity index (χ3v) is 5.17. The van der Waals surface area contributed by atoms with E-state index < -0.39 is 35.8 Å². The van der Waals surface area contributed by atoms with Crippen LogP contribution in [0.5, 0.6) is 5.75 Å². The lowest BCUT2D eigenvalue weighted by Gasteiger charge is -2.16. The first kappa shape index (κ1) is 23.9. The summed E-state index contributed by atoms with van der Waals surface area (Å²) >= 11 is 0. The molecule has 3 aromatic rings. The van der Waals surface area contributed by atoms with Gasteiger partial charge in [0.15, 0.2) is 11.6 Å². The molecule has 10 nitrogen and oxygen atoms in total. The fourth-order valence-corrected chi connectivity index (χ4v) is 3.23. The maximum absolute atomic E-state index is 13.4. The summed E-state index contributed by atoms with van der Waals surface area (Å²) in [4.78, 5) is 28.2. The van der Waals surface area contributed by atoms with E-state index in [-0.39, 0.29) is 28.8 Å². The molecule has 182 valence electrons. The summed E-state index contributed by atoms with van der Waals surface area (Å²) in [6.45, 7) is -1.56. The van der Waals surface area contributed by atoms with Crippen molar-refractivity contribution < 1.29 is 31.5 Å². The van der Waals surface area contributed by atoms with Crippen LogP contribution >= 0.6 is 0 Å². The summed E-state index contributed by atoms with van der Waals surface area (Å²) in [7, 11) is 0. The topological polar surface area (TPSA) is 132 Å². The summed E-state index contributed by atoms with van der Waals surface area (Å²) in [6, 6.07) is 2.86. The molecule has 1 unspecified atom stereocenters. The number of carbonyl (C=O) groups excluding carboxylic acids is 1. The summed E-state index contributed by atoms with van der Waals surface area (Å²) in [5.41, 5.74) is -2.86. The Morgan fingerprint density at radius 3 is 2.49 bits per heavy atom. The maximum atomic E-state index is 13.4. The smallest absolute Gasteiger partial charge is 0.432 e. The molecule has 1 N–H and O–H groups in total. The van der Waals surface area contributed by atoms with E-state index in [1.807, 2.05) is 6.07 Å². The number of nitrogens with zero attached hydrogens (tertiary/aromatic N) is 7. The number of amides is 1. The van der Waals surface area contributed by atoms with Crippen LogP contribution in [-0.4, -0.2) is 42.2 Å². The molecule has 0 bridgehead atoms. The molecule has 0 aromatic carbocycles. The van der Waals surface area contributed by atoms with Crippen molar-refractivity contribution in [2.45, 2.75) is 44.0 Å². The third-order valence-electron chi connectivity index (χ3n) is 5.17. The van der Waals surface area contributed by atoms with Crippen LogP contribution in [0.15, 0.2) is 30.9 Å². The highest BCUT2D eigenvalue weighted by atomic mass is 19.4. The van der Waals surface area contributed by atoms with Crippen molar-refractivity contribution in [3.63, 3.8) is 0 Å². The summed E-state index contributed by atoms with van der Waals surface area (Å²) < 4.78 is 70.1. The Kier molecular flexibility index (Phi) is 6.05. The first-order chi connectivity index (χ1) is 16.5. The fourth-order valence-electron chi connectivity index (χ4n) is 3.23. The van der Waals surface area contributed by atoms with Crippen molar-refractivity contribution in [1.29, 1.82) is 5.26 Å². The lowest BCUT2D eigenvalue weighted by Crippen LogP contribution is -2.30. The van der Waals surface area contributed by atoms with E-state index in [0.717, 1.165) is 23.4 Å². The number of halogens is 5. The second kappa shape index (κ2) is 8.85. The molecule has 1 saturated carbocycles. The standard InChI is InChI=1S/C20H15F5N8O2/c1-10(15-29-9-30-33(15)18-27-6-12(7-28-18)35-17(21)22)31-16(34)11-4-13(19(8-26)2-3-19)32-14(5-11)20(23,24)25/h4-7,9-10,17H,2-3H2,1H3,(H,31,34). The number of aromatic nitrogens is 6. The number of hydrogen-bond acceptors (Lipinski definition) is 8. The van der Waals surface area contributed by atoms with E-state index in [2.05, 4.69) is 35.1 Å². The Morgan fingerprint density at radius 2 is 1.91 bits per heavy atom. The molecule has 0 radical (unpaired) electrons. The number of hydrogen-bond donors (Lipinski definition) is 1. The number of rotatable bonds is 7. The molecule has 0 saturated heterocycles. The van der Waals surface area contributed by atoms with Gasteiger partial charge in [0.2, 0.25) is 0 Å². The quantitative estimate of drug-likeness (QED) is 0.496. The van der Waals surface area contributed by atoms with Crippen molar-refractivity contribution >= 4 is 5.91 Å². The SMILES string of the molecule is CC(NC(=O)c1cc(C(F)(F)F)nc(C2(C#N)CC2)c1)c1ncnn1-c1ncc(OC(F)F)cn1. The molecular formula is C20H15F5N8O2. The Bertz CT molecular complexity index is 1280. The van der Waals surface area contributed by atoms with E-state index in [9.17, 15) is 32.0 Å². The van der Waals surface area contributed by atoms with Crippen molar-refractivity contribution in [1.82, 2.24) is 35.0 Å². The highest BCUT2D eigenvalue weighted by Gasteiger charge is 2.48. The zero-order valence-corrected chi connectivity index (χ0v) is 17.8. The predicted octanol–water partition coefficient (Wildman–Crippen LogP) is 3.12. The molecule has 0 aliphatic heterocycles. The molecule has 4 rings (SSSR count). The lowest BCUT2D eigenvalue weighted by molar-refractivity contribution is -0.141. The largest absolute Gasteiger partial charge is 0.433 e. The van der Waals surface area contributed by atoms with E-state index in [0.29, 0.717) is 18.9 Å². The molecular weight excluding hydrogens is 479 g/mol. The summed E-state index contributed by atoms with van der Waals surface area (Å²) in [5, 5.41) is 15.8. The number of nitriles is 1. The lowest BCUT2D eigenvalue weighted by atomic mass is 10.0. The second-order valence-electron chi connectivity index (χ2n) is 7.64. The van der Waals surface area contributed by atoms with Crippen LogP contribution in [0, 0.1) is 11.3 Å². The van der Waals surface area contributed by atoms with Crippen LogP contribution in [0.1, 0.15) is 53.4 Å². The van der Waals surface area contributed by atoms with E-state index in [1.54, 1.807) is 0 Å². The van der Waals surface area contributed by atoms with Gasteiger partial charge >= 0.3 is 12.8 Å². The summed E-state index contributed by atoms with van der Waals surface area (Å²) in [5.74, 6) is -1.11. The predicted molar refractivity (Wildman–Crippen MR) is 105 cm³/mol. The van der Waals surface area contributed by atoms with Crippen molar-refractivity contribution in [3.8, 4) is 17.8 Å². The van der Waals surface area contributed by atoms with Crippen LogP contribution in [0.25, 0.3) is 5.95 Å². The first-order valence-corrected chi connectivity index (χ1v) is 10.0. The van der Waals surface area contributed by atoms with Gasteiger partial charge in [0.25, 0.3) is 11.9 Å². The van der Waals surface area contributed by atoms with E-state index >= 15 is 0 Å². The van der Waals surface area contributed by atoms with Crippen molar-refractivity contribution in [3.05, 3.63) is 53.6 Å². The molecule has 1 fully saturated rings. The summed E-state index contributed by atoms with van der Waals surface area (Å²) in [6.07, 6.45) is -1.02. The van der Waals surface area contributed by atoms with Gasteiger partial charge < -0.3 is 10.1 Å². The van der Waals surface area contributed by atoms with Gasteiger partial charge in [-0.3, -0.25) is 4.79 Å². The first-order valence-electron chi connectivity index (χ1n) is 10.0. The molecule has 3 aromatic heterocycles. The normalized spacial score (nSPS) is 15.4. The van der Waals surface area contributed by atoms with Gasteiger partial charge in [-0.15, -0.1) is 0 Å². The minimum Gasteiger partial charge on any atom is -0.432 e. The third kappa shape index (κ3) is 5.00. The Labute approximate surface area is 193 Å². The molecule has 35 heavy (non-hydrogen) atoms. The van der Waals surface area contributed by atoms with Gasteiger partial charge in [-0.2, -0.15) is 37.0 Å². The Morgan fingerprint density at radius 1 is 1.23 bits per heavy atom. The van der Waals surface area contributed by atoms with Crippen LogP contribution in [-0.2, 0) is 11.6 Å². The van der Waals surface area contributed by atoms with Crippen LogP contribution in [0.3, 0.4) is 0 Å². The molecule has 15 heteroatoms.